The molecule has 0 bridgehead atoms. The summed E-state index contributed by atoms with van der Waals surface area (Å²) < 4.78 is 32.9. The van der Waals surface area contributed by atoms with E-state index in [1.807, 2.05) is 6.07 Å². The minimum Gasteiger partial charge on any atom is -0.380 e. The van der Waals surface area contributed by atoms with Gasteiger partial charge in [0.25, 0.3) is 0 Å². The molecule has 6 heteroatoms. The molecule has 132 valence electrons. The normalized spacial score (nSPS) is 30.6. The Kier molecular flexibility index (Phi) is 4.41. The van der Waals surface area contributed by atoms with E-state index in [0.29, 0.717) is 19.1 Å². The number of nitrogens with one attached hydrogen (secondary N) is 1. The van der Waals surface area contributed by atoms with Crippen molar-refractivity contribution in [2.45, 2.75) is 24.5 Å². The zero-order valence-electron chi connectivity index (χ0n) is 14.0. The second-order valence-corrected chi connectivity index (χ2v) is 9.66. The van der Waals surface area contributed by atoms with E-state index in [4.69, 9.17) is 4.74 Å². The van der Waals surface area contributed by atoms with Gasteiger partial charge in [-0.05, 0) is 24.8 Å². The minimum atomic E-state index is -3.12. The summed E-state index contributed by atoms with van der Waals surface area (Å²) in [6.07, 6.45) is 2.66. The largest absolute Gasteiger partial charge is 0.380 e. The third kappa shape index (κ3) is 3.38. The smallest absolute Gasteiger partial charge is 0.214 e. The Labute approximate surface area is 144 Å². The Hall–Kier alpha value is -0.950. The van der Waals surface area contributed by atoms with Gasteiger partial charge in [0, 0.05) is 37.5 Å². The molecule has 1 saturated carbocycles. The lowest BCUT2D eigenvalue weighted by molar-refractivity contribution is 0.130. The zero-order valence-corrected chi connectivity index (χ0v) is 14.8. The summed E-state index contributed by atoms with van der Waals surface area (Å²) in [7, 11) is -3.12. The van der Waals surface area contributed by atoms with Gasteiger partial charge in [0.05, 0.1) is 18.5 Å². The van der Waals surface area contributed by atoms with Crippen molar-refractivity contribution in [2.24, 2.45) is 11.3 Å². The lowest BCUT2D eigenvalue weighted by Gasteiger charge is -2.27. The Bertz CT molecular complexity index is 675. The summed E-state index contributed by atoms with van der Waals surface area (Å²) in [5, 5.41) is -0.148. The quantitative estimate of drug-likeness (QED) is 0.804. The van der Waals surface area contributed by atoms with Gasteiger partial charge >= 0.3 is 0 Å². The van der Waals surface area contributed by atoms with Gasteiger partial charge in [0.15, 0.2) is 0 Å². The number of ether oxygens (including phenoxy) is 1. The van der Waals surface area contributed by atoms with E-state index in [9.17, 15) is 8.42 Å². The van der Waals surface area contributed by atoms with E-state index < -0.39 is 10.0 Å². The molecule has 24 heavy (non-hydrogen) atoms. The van der Waals surface area contributed by atoms with Gasteiger partial charge in [-0.2, -0.15) is 0 Å². The van der Waals surface area contributed by atoms with Crippen LogP contribution in [0.2, 0.25) is 0 Å². The van der Waals surface area contributed by atoms with Gasteiger partial charge in [0.1, 0.15) is 0 Å². The average Bonchev–Trinajstić information content (AvgIpc) is 3.29. The third-order valence-corrected chi connectivity index (χ3v) is 7.64. The molecule has 1 aromatic carbocycles. The average molecular weight is 350 g/mol. The molecule has 2 aliphatic heterocycles. The Morgan fingerprint density at radius 1 is 1.25 bits per heavy atom. The van der Waals surface area contributed by atoms with Crippen molar-refractivity contribution < 1.29 is 13.2 Å². The molecule has 3 fully saturated rings. The molecule has 1 aliphatic carbocycles. The number of rotatable bonds is 7. The molecule has 2 saturated heterocycles. The van der Waals surface area contributed by atoms with Crippen LogP contribution in [0.3, 0.4) is 0 Å². The number of hydrogen-bond acceptors (Lipinski definition) is 4. The summed E-state index contributed by atoms with van der Waals surface area (Å²) >= 11 is 0. The van der Waals surface area contributed by atoms with E-state index in [2.05, 4.69) is 33.9 Å². The van der Waals surface area contributed by atoms with Crippen LogP contribution in [0, 0.1) is 11.3 Å². The predicted molar refractivity (Wildman–Crippen MR) is 93.3 cm³/mol. The molecule has 2 atom stereocenters. The highest BCUT2D eigenvalue weighted by Gasteiger charge is 2.51. The van der Waals surface area contributed by atoms with Crippen LogP contribution in [-0.4, -0.2) is 58.0 Å². The van der Waals surface area contributed by atoms with E-state index in [0.717, 1.165) is 45.5 Å². The standard InChI is InChI=1S/C18H26N2O3S/c21-24(22,17-6-7-17)19-12-18-13-20(10-16(18)11-23-14-18)9-8-15-4-2-1-3-5-15/h1-5,16-17,19H,6-14H2/t16-,18+/m1/s1. The van der Waals surface area contributed by atoms with Crippen molar-refractivity contribution in [1.29, 1.82) is 0 Å². The first-order valence-corrected chi connectivity index (χ1v) is 10.4. The fourth-order valence-corrected chi connectivity index (χ4v) is 5.52. The highest BCUT2D eigenvalue weighted by Crippen LogP contribution is 2.41. The van der Waals surface area contributed by atoms with Crippen molar-refractivity contribution in [3.05, 3.63) is 35.9 Å². The molecule has 0 unspecified atom stereocenters. The van der Waals surface area contributed by atoms with E-state index in [1.165, 1.54) is 5.56 Å². The SMILES string of the molecule is O=S(=O)(NC[C@]12COC[C@H]1CN(CCc1ccccc1)C2)C1CC1. The monoisotopic (exact) mass is 350 g/mol. The van der Waals surface area contributed by atoms with Gasteiger partial charge in [-0.3, -0.25) is 0 Å². The summed E-state index contributed by atoms with van der Waals surface area (Å²) in [6.45, 7) is 4.92. The van der Waals surface area contributed by atoms with Crippen LogP contribution in [-0.2, 0) is 21.2 Å². The van der Waals surface area contributed by atoms with Crippen molar-refractivity contribution in [3.63, 3.8) is 0 Å². The summed E-state index contributed by atoms with van der Waals surface area (Å²) in [5.41, 5.74) is 1.31. The van der Waals surface area contributed by atoms with Gasteiger partial charge in [-0.1, -0.05) is 30.3 Å². The zero-order chi connectivity index (χ0) is 16.6. The highest BCUT2D eigenvalue weighted by molar-refractivity contribution is 7.90. The Balaban J connectivity index is 1.36. The number of fused-ring (bicyclic) bond motifs is 1. The topological polar surface area (TPSA) is 58.6 Å². The summed E-state index contributed by atoms with van der Waals surface area (Å²) in [5.74, 6) is 0.440. The molecule has 0 aromatic heterocycles. The number of nitrogens with zero attached hydrogens (tertiary/aromatic N) is 1. The molecule has 4 rings (SSSR count). The van der Waals surface area contributed by atoms with Crippen LogP contribution in [0.15, 0.2) is 30.3 Å². The van der Waals surface area contributed by atoms with Crippen LogP contribution in [0.25, 0.3) is 0 Å². The first kappa shape index (κ1) is 16.5. The van der Waals surface area contributed by atoms with Crippen LogP contribution in [0.4, 0.5) is 0 Å². The highest BCUT2D eigenvalue weighted by atomic mass is 32.2. The lowest BCUT2D eigenvalue weighted by Crippen LogP contribution is -2.44. The van der Waals surface area contributed by atoms with Gasteiger partial charge in [-0.15, -0.1) is 0 Å². The number of benzene rings is 1. The van der Waals surface area contributed by atoms with Crippen LogP contribution >= 0.6 is 0 Å². The fourth-order valence-electron chi connectivity index (χ4n) is 4.04. The van der Waals surface area contributed by atoms with Crippen LogP contribution in [0.1, 0.15) is 18.4 Å². The van der Waals surface area contributed by atoms with Crippen molar-refractivity contribution in [2.75, 3.05) is 39.4 Å². The van der Waals surface area contributed by atoms with Crippen molar-refractivity contribution in [3.8, 4) is 0 Å². The second-order valence-electron chi connectivity index (χ2n) is 7.61. The van der Waals surface area contributed by atoms with Crippen molar-refractivity contribution >= 4 is 10.0 Å². The Morgan fingerprint density at radius 2 is 2.04 bits per heavy atom. The predicted octanol–water partition coefficient (Wildman–Crippen LogP) is 1.26. The minimum absolute atomic E-state index is 0.0430. The van der Waals surface area contributed by atoms with Gasteiger partial charge < -0.3 is 9.64 Å². The molecule has 1 aromatic rings. The maximum Gasteiger partial charge on any atom is 0.214 e. The Morgan fingerprint density at radius 3 is 2.79 bits per heavy atom. The maximum absolute atomic E-state index is 12.2. The van der Waals surface area contributed by atoms with Gasteiger partial charge in [-0.25, -0.2) is 13.1 Å². The van der Waals surface area contributed by atoms with E-state index in [1.54, 1.807) is 0 Å². The molecule has 2 heterocycles. The molecular weight excluding hydrogens is 324 g/mol. The number of hydrogen-bond donors (Lipinski definition) is 1. The van der Waals surface area contributed by atoms with E-state index in [-0.39, 0.29) is 10.7 Å². The third-order valence-electron chi connectivity index (χ3n) is 5.74. The van der Waals surface area contributed by atoms with Crippen LogP contribution in [0.5, 0.6) is 0 Å². The first-order chi connectivity index (χ1) is 11.6. The van der Waals surface area contributed by atoms with Gasteiger partial charge in [0.2, 0.25) is 10.0 Å². The van der Waals surface area contributed by atoms with E-state index >= 15 is 0 Å². The molecule has 0 spiro atoms. The fraction of sp³-hybridized carbons (Fsp3) is 0.667. The molecule has 0 amide bonds. The number of likely N-dealkylation sites (tertiary alicyclic amines) is 1. The van der Waals surface area contributed by atoms with Crippen LogP contribution < -0.4 is 4.72 Å². The summed E-state index contributed by atoms with van der Waals surface area (Å²) in [4.78, 5) is 2.48. The first-order valence-electron chi connectivity index (χ1n) is 8.90. The van der Waals surface area contributed by atoms with Crippen molar-refractivity contribution in [1.82, 2.24) is 9.62 Å². The molecule has 0 radical (unpaired) electrons. The second kappa shape index (κ2) is 6.41. The molecule has 5 nitrogen and oxygen atoms in total. The lowest BCUT2D eigenvalue weighted by atomic mass is 9.81. The number of sulfonamides is 1. The molecular formula is C18H26N2O3S. The maximum atomic E-state index is 12.2. The summed E-state index contributed by atoms with van der Waals surface area (Å²) in [6, 6.07) is 10.5. The molecule has 1 N–H and O–H groups in total. The molecule has 3 aliphatic rings.